The average molecular weight is 1160 g/mol. The van der Waals surface area contributed by atoms with Gasteiger partial charge in [-0.25, -0.2) is 14.8 Å². The van der Waals surface area contributed by atoms with Crippen molar-refractivity contribution in [1.82, 2.24) is 29.3 Å². The minimum Gasteiger partial charge on any atom is -0.478 e. The number of ketones is 1. The molecule has 2 aromatic carbocycles. The smallest absolute Gasteiger partial charge is 0.478 e. The number of carbonyl (C=O) groups excluding carboxylic acids is 3. The van der Waals surface area contributed by atoms with Crippen LogP contribution in [0.15, 0.2) is 60.9 Å². The number of nitrogens with one attached hydrogen (secondary N) is 1. The maximum absolute atomic E-state index is 13.3. The molecule has 8 rings (SSSR count). The fraction of sp³-hybridized carbons (Fsp3) is 0.412. The van der Waals surface area contributed by atoms with Gasteiger partial charge in [-0.2, -0.15) is 0 Å². The number of ether oxygens (including phenoxy) is 3. The number of hydrogen-bond acceptors (Lipinski definition) is 12. The van der Waals surface area contributed by atoms with Crippen LogP contribution in [0.4, 0.5) is 26.3 Å². The summed E-state index contributed by atoms with van der Waals surface area (Å²) in [5.74, 6) is -1.67. The van der Waals surface area contributed by atoms with Crippen LogP contribution in [-0.4, -0.2) is 109 Å². The molecule has 1 amide bonds. The number of carboxylic acid groups (broad SMARTS) is 1. The number of aliphatic hydroxyl groups is 2. The van der Waals surface area contributed by atoms with Crippen molar-refractivity contribution in [3.05, 3.63) is 115 Å². The molecule has 77 heavy (non-hydrogen) atoms. The van der Waals surface area contributed by atoms with Crippen LogP contribution in [0.2, 0.25) is 20.4 Å². The molecule has 2 fully saturated rings. The monoisotopic (exact) mass is 1160 g/mol. The summed E-state index contributed by atoms with van der Waals surface area (Å²) >= 11 is 25.0. The van der Waals surface area contributed by atoms with Gasteiger partial charge in [0.25, 0.3) is 5.91 Å². The van der Waals surface area contributed by atoms with E-state index in [2.05, 4.69) is 24.8 Å². The third-order valence-corrected chi connectivity index (χ3v) is 14.5. The number of aryl methyl sites for hydroxylation is 2. The molecule has 2 aliphatic rings. The predicted octanol–water partition coefficient (Wildman–Crippen LogP) is 11.2. The number of likely N-dealkylation sites (tertiary alicyclic amines) is 1. The Kier molecular flexibility index (Phi) is 20.2. The van der Waals surface area contributed by atoms with Crippen LogP contribution in [-0.2, 0) is 28.4 Å². The predicted molar refractivity (Wildman–Crippen MR) is 274 cm³/mol. The third-order valence-electron chi connectivity index (χ3n) is 13.1. The van der Waals surface area contributed by atoms with Gasteiger partial charge in [0.05, 0.1) is 50.7 Å². The van der Waals surface area contributed by atoms with Crippen LogP contribution in [0.5, 0.6) is 11.5 Å². The summed E-state index contributed by atoms with van der Waals surface area (Å²) in [6.45, 7) is 4.96. The van der Waals surface area contributed by atoms with Crippen molar-refractivity contribution in [3.8, 4) is 11.5 Å². The van der Waals surface area contributed by atoms with Crippen LogP contribution >= 0.6 is 46.4 Å². The highest BCUT2D eigenvalue weighted by atomic mass is 35.5. The summed E-state index contributed by atoms with van der Waals surface area (Å²) in [6, 6.07) is 10.6. The maximum Gasteiger partial charge on any atom is 0.573 e. The number of piperidine rings is 2. The van der Waals surface area contributed by atoms with Gasteiger partial charge in [0, 0.05) is 92.9 Å². The Morgan fingerprint density at radius 1 is 0.701 bits per heavy atom. The topological polar surface area (TPSA) is 208 Å². The fourth-order valence-corrected chi connectivity index (χ4v) is 10.2. The molecule has 4 aromatic heterocycles. The lowest BCUT2D eigenvalue weighted by Gasteiger charge is -2.32. The van der Waals surface area contributed by atoms with E-state index in [9.17, 15) is 55.7 Å². The van der Waals surface area contributed by atoms with Crippen LogP contribution in [0.3, 0.4) is 0 Å². The van der Waals surface area contributed by atoms with E-state index < -0.39 is 48.3 Å². The Bertz CT molecular complexity index is 3120. The number of aromatic nitrogens is 4. The zero-order chi connectivity index (χ0) is 56.7. The Morgan fingerprint density at radius 3 is 1.57 bits per heavy atom. The number of Topliss-reactive ketones (excluding diaryl/α,β-unsaturated/α-hetero) is 1. The van der Waals surface area contributed by atoms with Crippen molar-refractivity contribution in [2.75, 3.05) is 33.3 Å². The van der Waals surface area contributed by atoms with Crippen LogP contribution in [0.25, 0.3) is 21.8 Å². The number of hydrogen-bond donors (Lipinski definition) is 4. The molecule has 0 saturated carbocycles. The zero-order valence-corrected chi connectivity index (χ0v) is 44.6. The molecule has 2 atom stereocenters. The summed E-state index contributed by atoms with van der Waals surface area (Å²) in [5, 5.41) is 34.8. The van der Waals surface area contributed by atoms with Crippen molar-refractivity contribution >= 4 is 91.8 Å². The number of alkyl halides is 6. The van der Waals surface area contributed by atoms with Crippen LogP contribution in [0, 0.1) is 11.8 Å². The summed E-state index contributed by atoms with van der Waals surface area (Å²) < 4.78 is 90.8. The number of pyridine rings is 2. The van der Waals surface area contributed by atoms with Crippen molar-refractivity contribution in [1.29, 1.82) is 0 Å². The number of rotatable bonds is 13. The summed E-state index contributed by atoms with van der Waals surface area (Å²) in [5.41, 5.74) is 0.762. The Balaban J connectivity index is 0.000000214. The molecule has 0 aliphatic carbocycles. The molecular weight excluding hydrogens is 1110 g/mol. The number of amides is 1. The van der Waals surface area contributed by atoms with Crippen molar-refractivity contribution in [2.45, 2.75) is 76.8 Å². The van der Waals surface area contributed by atoms with Crippen molar-refractivity contribution in [3.63, 3.8) is 0 Å². The minimum atomic E-state index is -4.85. The number of methoxy groups -OCH3 is 1. The number of benzene rings is 2. The summed E-state index contributed by atoms with van der Waals surface area (Å²) in [6.07, 6.45) is -4.98. The second-order valence-electron chi connectivity index (χ2n) is 18.1. The molecule has 6 heterocycles. The number of aromatic carboxylic acids is 1. The van der Waals surface area contributed by atoms with Crippen LogP contribution in [0.1, 0.15) is 107 Å². The number of fused-ring (bicyclic) bond motifs is 2. The molecule has 16 nitrogen and oxygen atoms in total. The Labute approximate surface area is 456 Å². The van der Waals surface area contributed by atoms with Gasteiger partial charge in [0.1, 0.15) is 39.8 Å². The maximum atomic E-state index is 13.3. The van der Waals surface area contributed by atoms with Gasteiger partial charge in [-0.1, -0.05) is 53.3 Å². The first kappa shape index (κ1) is 60.4. The zero-order valence-electron chi connectivity index (χ0n) is 41.6. The van der Waals surface area contributed by atoms with E-state index in [1.54, 1.807) is 18.0 Å². The molecule has 26 heteroatoms. The van der Waals surface area contributed by atoms with Gasteiger partial charge >= 0.3 is 24.7 Å². The normalized spacial score (nSPS) is 15.2. The third kappa shape index (κ3) is 15.2. The minimum absolute atomic E-state index is 0.00238. The van der Waals surface area contributed by atoms with E-state index in [1.807, 2.05) is 6.92 Å². The highest BCUT2D eigenvalue weighted by molar-refractivity contribution is 6.38. The highest BCUT2D eigenvalue weighted by Crippen LogP contribution is 2.40. The lowest BCUT2D eigenvalue weighted by atomic mass is 9.92. The molecule has 0 radical (unpaired) electrons. The van der Waals surface area contributed by atoms with E-state index in [0.717, 1.165) is 37.8 Å². The van der Waals surface area contributed by atoms with Crippen molar-refractivity contribution < 1.29 is 75.1 Å². The van der Waals surface area contributed by atoms with Crippen molar-refractivity contribution in [2.24, 2.45) is 25.9 Å². The molecule has 0 spiro atoms. The van der Waals surface area contributed by atoms with E-state index in [0.29, 0.717) is 65.9 Å². The molecule has 2 unspecified atom stereocenters. The fourth-order valence-electron chi connectivity index (χ4n) is 8.99. The number of carbonyl (C=O) groups is 4. The van der Waals surface area contributed by atoms with Crippen LogP contribution < -0.4 is 14.8 Å². The van der Waals surface area contributed by atoms with E-state index in [-0.39, 0.29) is 72.3 Å². The van der Waals surface area contributed by atoms with E-state index >= 15 is 0 Å². The molecular formula is C51H52Cl4F6N6O10. The lowest BCUT2D eigenvalue weighted by molar-refractivity contribution is -0.275. The van der Waals surface area contributed by atoms with E-state index in [1.165, 1.54) is 72.7 Å². The second-order valence-corrected chi connectivity index (χ2v) is 19.6. The lowest BCUT2D eigenvalue weighted by Crippen LogP contribution is -2.39. The number of esters is 1. The average Bonchev–Trinajstić information content (AvgIpc) is 3.88. The second kappa shape index (κ2) is 25.7. The summed E-state index contributed by atoms with van der Waals surface area (Å²) in [4.78, 5) is 56.5. The SMILES string of the molecule is CCC(=O)CC1CCNCC1.COC(=O)CC1CCN(C(=O)c2cnc(Cl)c(C(O)c3cc4ccc(OC(F)(F)F)cc4n3C)c2Cl)CC1.Cn1c(C(O)c2c(Cl)ncc(C(=O)O)c2Cl)cc2ccc(OC(F)(F)F)cc21. The number of nitrogens with zero attached hydrogens (tertiary/aromatic N) is 5. The molecule has 0 bridgehead atoms. The molecule has 4 N–H and O–H groups in total. The number of carboxylic acids is 1. The van der Waals surface area contributed by atoms with Gasteiger partial charge in [0.2, 0.25) is 0 Å². The highest BCUT2D eigenvalue weighted by Gasteiger charge is 2.34. The summed E-state index contributed by atoms with van der Waals surface area (Å²) in [7, 11) is 4.40. The van der Waals surface area contributed by atoms with Gasteiger partial charge in [-0.3, -0.25) is 14.4 Å². The van der Waals surface area contributed by atoms with Gasteiger partial charge < -0.3 is 48.9 Å². The first-order valence-electron chi connectivity index (χ1n) is 23.8. The number of halogens is 10. The standard InChI is InChI=1S/C25H24Cl2F3N3O5.C17H11Cl2F3N2O4.C9H17NO/c1-32-17-11-15(38-25(28,29)30)4-3-14(17)10-18(32)22(35)20-21(26)16(12-31-23(20)27)24(36)33-7-5-13(6-8-33)9-19(34)37-2;1-24-10-5-8(28-17(20,21)22)3-2-7(10)4-11(24)14(25)12-13(18)9(16(26)27)6-23-15(12)19;1-2-9(11)7-8-3-5-10-6-4-8/h3-4,10-13,22,35H,5-9H2,1-2H3;2-6,14,25H,1H3,(H,26,27);8,10H,2-7H2,1H3. The van der Waals surface area contributed by atoms with Gasteiger partial charge in [0.15, 0.2) is 0 Å². The molecule has 416 valence electrons. The largest absolute Gasteiger partial charge is 0.573 e. The van der Waals surface area contributed by atoms with E-state index in [4.69, 9.17) is 56.2 Å². The quantitative estimate of drug-likeness (QED) is 0.0483. The Hall–Kier alpha value is -5.88. The molecule has 2 saturated heterocycles. The van der Waals surface area contributed by atoms with Gasteiger partial charge in [-0.05, 0) is 87.0 Å². The number of aliphatic hydroxyl groups excluding tert-OH is 2. The van der Waals surface area contributed by atoms with Gasteiger partial charge in [-0.15, -0.1) is 26.3 Å². The molecule has 2 aliphatic heterocycles. The first-order chi connectivity index (χ1) is 36.2. The molecule has 6 aromatic rings. The first-order valence-corrected chi connectivity index (χ1v) is 25.3. The Morgan fingerprint density at radius 2 is 1.14 bits per heavy atom.